The van der Waals surface area contributed by atoms with E-state index in [1.54, 1.807) is 0 Å². The van der Waals surface area contributed by atoms with Gasteiger partial charge in [-0.2, -0.15) is 8.42 Å². The lowest BCUT2D eigenvalue weighted by molar-refractivity contribution is -0.384. The van der Waals surface area contributed by atoms with Crippen molar-refractivity contribution >= 4 is 16.3 Å². The first-order valence-corrected chi connectivity index (χ1v) is 17.0. The maximum atomic E-state index is 12.6. The second-order valence-electron chi connectivity index (χ2n) is 12.4. The Morgan fingerprint density at radius 1 is 0.608 bits per heavy atom. The van der Waals surface area contributed by atoms with Crippen LogP contribution in [0.3, 0.4) is 0 Å². The van der Waals surface area contributed by atoms with E-state index in [4.69, 9.17) is 33.2 Å². The number of carbonyl (C=O) groups excluding carboxylic acids is 1. The lowest BCUT2D eigenvalue weighted by Gasteiger charge is -2.51. The third kappa shape index (κ3) is 9.47. The van der Waals surface area contributed by atoms with Gasteiger partial charge in [0, 0.05) is 6.92 Å². The Balaban J connectivity index is 1.77. The molecule has 298 valence electrons. The molecule has 4 fully saturated rings. The average Bonchev–Trinajstić information content (AvgIpc) is 3.06. The van der Waals surface area contributed by atoms with Gasteiger partial charge in [-0.3, -0.25) is 9.35 Å². The van der Waals surface area contributed by atoms with Crippen molar-refractivity contribution in [1.82, 2.24) is 5.32 Å². The summed E-state index contributed by atoms with van der Waals surface area (Å²) in [7, 11) is -5.37. The first kappa shape index (κ1) is 42.4. The largest absolute Gasteiger partial charge is 0.397 e. The second-order valence-corrected chi connectivity index (χ2v) is 13.4. The number of carbonyl (C=O) groups is 1. The Bertz CT molecular complexity index is 1250. The summed E-state index contributed by atoms with van der Waals surface area (Å²) in [5, 5.41) is 117. The van der Waals surface area contributed by atoms with E-state index >= 15 is 0 Å². The zero-order valence-corrected chi connectivity index (χ0v) is 27.8. The van der Waals surface area contributed by atoms with Crippen LogP contribution >= 0.6 is 0 Å². The number of hydrogen-bond acceptors (Lipinski definition) is 22. The molecule has 4 saturated heterocycles. The minimum Gasteiger partial charge on any atom is -0.394 e. The molecule has 0 aromatic heterocycles. The van der Waals surface area contributed by atoms with E-state index in [-0.39, 0.29) is 0 Å². The third-order valence-corrected chi connectivity index (χ3v) is 9.24. The van der Waals surface area contributed by atoms with Gasteiger partial charge in [-0.15, -0.1) is 0 Å². The van der Waals surface area contributed by atoms with E-state index in [2.05, 4.69) is 9.50 Å². The van der Waals surface area contributed by atoms with Crippen molar-refractivity contribution in [2.24, 2.45) is 0 Å². The van der Waals surface area contributed by atoms with Crippen LogP contribution in [0.4, 0.5) is 0 Å². The molecule has 13 N–H and O–H groups in total. The number of aliphatic hydroxyl groups excluding tert-OH is 11. The van der Waals surface area contributed by atoms with Crippen LogP contribution in [0.25, 0.3) is 0 Å². The van der Waals surface area contributed by atoms with Gasteiger partial charge in [-0.25, -0.2) is 4.18 Å². The molecule has 0 bridgehead atoms. The maximum Gasteiger partial charge on any atom is 0.397 e. The molecule has 25 heteroatoms. The van der Waals surface area contributed by atoms with Crippen molar-refractivity contribution in [1.29, 1.82) is 0 Å². The van der Waals surface area contributed by atoms with Gasteiger partial charge in [0.25, 0.3) is 0 Å². The lowest BCUT2D eigenvalue weighted by atomic mass is 9.93. The summed E-state index contributed by atoms with van der Waals surface area (Å²) < 4.78 is 76.2. The van der Waals surface area contributed by atoms with Gasteiger partial charge in [0.15, 0.2) is 25.2 Å². The quantitative estimate of drug-likeness (QED) is 0.0819. The van der Waals surface area contributed by atoms with Crippen molar-refractivity contribution in [2.75, 3.05) is 19.8 Å². The molecule has 0 spiro atoms. The van der Waals surface area contributed by atoms with E-state index in [0.717, 1.165) is 6.92 Å². The first-order chi connectivity index (χ1) is 23.8. The van der Waals surface area contributed by atoms with Crippen LogP contribution in [-0.2, 0) is 52.5 Å². The molecular weight excluding hydrogens is 726 g/mol. The predicted octanol–water partition coefficient (Wildman–Crippen LogP) is -8.75. The zero-order chi connectivity index (χ0) is 38.1. The highest BCUT2D eigenvalue weighted by molar-refractivity contribution is 7.80. The zero-order valence-electron chi connectivity index (χ0n) is 26.9. The summed E-state index contributed by atoms with van der Waals surface area (Å²) in [6.07, 6.45) is -35.5. The summed E-state index contributed by atoms with van der Waals surface area (Å²) >= 11 is 0. The Hall–Kier alpha value is -1.38. The number of nitrogens with one attached hydrogen (secondary N) is 1. The Morgan fingerprint density at radius 2 is 1.12 bits per heavy atom. The molecule has 4 heterocycles. The van der Waals surface area contributed by atoms with E-state index in [1.165, 1.54) is 6.92 Å². The van der Waals surface area contributed by atoms with Gasteiger partial charge in [0.1, 0.15) is 91.5 Å². The van der Waals surface area contributed by atoms with Gasteiger partial charge in [-0.05, 0) is 6.92 Å². The fraction of sp³-hybridized carbons (Fsp3) is 0.962. The van der Waals surface area contributed by atoms with Crippen molar-refractivity contribution in [3.63, 3.8) is 0 Å². The van der Waals surface area contributed by atoms with Crippen molar-refractivity contribution < 1.29 is 111 Å². The molecule has 4 aliphatic heterocycles. The fourth-order valence-corrected chi connectivity index (χ4v) is 6.63. The molecule has 0 saturated carbocycles. The van der Waals surface area contributed by atoms with Crippen LogP contribution in [-0.4, -0.2) is 218 Å². The Kier molecular flexibility index (Phi) is 14.4. The highest BCUT2D eigenvalue weighted by Crippen LogP contribution is 2.36. The van der Waals surface area contributed by atoms with Crippen molar-refractivity contribution in [3.05, 3.63) is 0 Å². The number of ether oxygens (including phenoxy) is 7. The maximum absolute atomic E-state index is 12.6. The van der Waals surface area contributed by atoms with Gasteiger partial charge in [0.2, 0.25) is 5.91 Å². The highest BCUT2D eigenvalue weighted by atomic mass is 32.3. The minimum absolute atomic E-state index is 0.851. The number of hydrogen-bond donors (Lipinski definition) is 13. The molecule has 0 radical (unpaired) electrons. The van der Waals surface area contributed by atoms with Crippen LogP contribution in [0.5, 0.6) is 0 Å². The van der Waals surface area contributed by atoms with Crippen LogP contribution in [0.2, 0.25) is 0 Å². The second kappa shape index (κ2) is 17.4. The van der Waals surface area contributed by atoms with Crippen molar-refractivity contribution in [3.8, 4) is 0 Å². The number of aliphatic hydroxyl groups is 11. The highest BCUT2D eigenvalue weighted by Gasteiger charge is 2.57. The normalized spacial score (nSPS) is 48.3. The summed E-state index contributed by atoms with van der Waals surface area (Å²) in [6.45, 7) is -0.603. The molecule has 24 nitrogen and oxygen atoms in total. The van der Waals surface area contributed by atoms with Gasteiger partial charge < -0.3 is 94.6 Å². The molecule has 4 rings (SSSR count). The Morgan fingerprint density at radius 3 is 1.69 bits per heavy atom. The van der Waals surface area contributed by atoms with Gasteiger partial charge in [-0.1, -0.05) is 0 Å². The molecule has 51 heavy (non-hydrogen) atoms. The van der Waals surface area contributed by atoms with E-state index in [9.17, 15) is 73.9 Å². The molecule has 4 aliphatic rings. The lowest BCUT2D eigenvalue weighted by Crippen LogP contribution is -2.71. The topological polar surface area (TPSA) is 380 Å². The number of rotatable bonds is 12. The average molecular weight is 772 g/mol. The molecule has 0 aromatic rings. The Labute approximate surface area is 289 Å². The summed E-state index contributed by atoms with van der Waals surface area (Å²) in [6, 6.07) is -1.76. The SMILES string of the molecule is CC(=O)N[C@H]1[C@H](O[C@H]2[C@@H](O)[C@@H](CO)OC(O)[C@@H]2O)O[C@H](CO)[C@@H](O[C@@H]2O[C@@H](C)[C@@H](O)[C@@H](O)[C@@H]2O)[C@@H]1O[C@@H]1O[C@H](CO)[C@H](O)[C@H](OS(=O)(=O)O)[C@H]1O. The smallest absolute Gasteiger partial charge is 0.394 e. The first-order valence-electron chi connectivity index (χ1n) is 15.6. The van der Waals surface area contributed by atoms with Crippen LogP contribution in [0, 0.1) is 0 Å². The summed E-state index contributed by atoms with van der Waals surface area (Å²) in [4.78, 5) is 12.6. The summed E-state index contributed by atoms with van der Waals surface area (Å²) in [5.41, 5.74) is 0. The molecule has 20 atom stereocenters. The van der Waals surface area contributed by atoms with E-state index in [1.807, 2.05) is 0 Å². The molecule has 1 unspecified atom stereocenters. The fourth-order valence-electron chi connectivity index (χ4n) is 6.12. The molecule has 0 aromatic carbocycles. The molecular formula is C26H45NO23S. The monoisotopic (exact) mass is 771 g/mol. The van der Waals surface area contributed by atoms with E-state index in [0.29, 0.717) is 0 Å². The van der Waals surface area contributed by atoms with E-state index < -0.39 is 159 Å². The minimum atomic E-state index is -5.37. The van der Waals surface area contributed by atoms with Gasteiger partial charge in [0.05, 0.1) is 25.9 Å². The standard InChI is InChI=1S/C26H45NO23S/c1-6-12(32)15(35)16(36)25(43-6)47-19-10(5-30)46-24(49-21-13(33)8(3-28)44-23(39)17(21)37)11(27-7(2)31)20(19)48-26-18(38)22(50-51(40,41)42)14(34)9(4-29)45-26/h6,8-26,28-30,32-39H,3-5H2,1-2H3,(H,27,31)(H,40,41,42)/t6-,8+,9+,10+,11+,12+,13-,14-,15+,16-,17+,18+,19+,20+,21-,22-,23?,24-,25-,26-/m0/s1. The van der Waals surface area contributed by atoms with Crippen LogP contribution in [0.15, 0.2) is 0 Å². The molecule has 1 amide bonds. The molecule has 0 aliphatic carbocycles. The third-order valence-electron chi connectivity index (χ3n) is 8.77. The summed E-state index contributed by atoms with van der Waals surface area (Å²) in [5.74, 6) is -0.851. The van der Waals surface area contributed by atoms with Crippen LogP contribution < -0.4 is 5.32 Å². The predicted molar refractivity (Wildman–Crippen MR) is 154 cm³/mol. The number of amides is 1. The van der Waals surface area contributed by atoms with Gasteiger partial charge >= 0.3 is 10.4 Å². The van der Waals surface area contributed by atoms with Crippen LogP contribution in [0.1, 0.15) is 13.8 Å². The van der Waals surface area contributed by atoms with Crippen molar-refractivity contribution in [2.45, 2.75) is 137 Å².